The first kappa shape index (κ1) is 11.4. The number of carbonyl (C=O) groups excluding carboxylic acids is 1. The molecule has 6 heteroatoms. The molecule has 0 radical (unpaired) electrons. The van der Waals surface area contributed by atoms with E-state index in [9.17, 15) is 9.90 Å². The molecule has 1 aliphatic rings. The zero-order chi connectivity index (χ0) is 12.4. The number of phenolic OH excluding ortho intramolecular Hbond substituents is 1. The van der Waals surface area contributed by atoms with Gasteiger partial charge in [-0.15, -0.1) is 0 Å². The van der Waals surface area contributed by atoms with E-state index in [1.807, 2.05) is 0 Å². The van der Waals surface area contributed by atoms with Crippen molar-refractivity contribution in [3.05, 3.63) is 17.7 Å². The van der Waals surface area contributed by atoms with Crippen molar-refractivity contribution in [3.63, 3.8) is 0 Å². The highest BCUT2D eigenvalue weighted by atomic mass is 16.6. The van der Waals surface area contributed by atoms with Gasteiger partial charge in [0, 0.05) is 12.1 Å². The van der Waals surface area contributed by atoms with Crippen LogP contribution in [0.3, 0.4) is 0 Å². The number of phenols is 1. The normalized spacial score (nSPS) is 18.5. The van der Waals surface area contributed by atoms with Crippen molar-refractivity contribution in [2.24, 2.45) is 0 Å². The first-order chi connectivity index (χ1) is 8.15. The Morgan fingerprint density at radius 1 is 1.35 bits per heavy atom. The van der Waals surface area contributed by atoms with Gasteiger partial charge in [0.1, 0.15) is 23.9 Å². The van der Waals surface area contributed by atoms with Crippen LogP contribution in [0.25, 0.3) is 0 Å². The van der Waals surface area contributed by atoms with E-state index in [1.54, 1.807) is 0 Å². The summed E-state index contributed by atoms with van der Waals surface area (Å²) < 4.78 is 15.2. The predicted molar refractivity (Wildman–Crippen MR) is 58.4 cm³/mol. The quantitative estimate of drug-likeness (QED) is 0.828. The maximum atomic E-state index is 11.0. The third-order valence-electron chi connectivity index (χ3n) is 2.55. The summed E-state index contributed by atoms with van der Waals surface area (Å²) in [7, 11) is 2.96. The molecule has 1 fully saturated rings. The van der Waals surface area contributed by atoms with Crippen LogP contribution in [0, 0.1) is 0 Å². The highest BCUT2D eigenvalue weighted by Gasteiger charge is 2.29. The van der Waals surface area contributed by atoms with Crippen LogP contribution < -0.4 is 14.8 Å². The van der Waals surface area contributed by atoms with Crippen molar-refractivity contribution in [1.29, 1.82) is 0 Å². The van der Waals surface area contributed by atoms with Crippen LogP contribution in [0.5, 0.6) is 17.2 Å². The van der Waals surface area contributed by atoms with E-state index in [2.05, 4.69) is 5.32 Å². The fourth-order valence-electron chi connectivity index (χ4n) is 1.81. The molecule has 2 N–H and O–H groups in total. The Labute approximate surface area is 98.1 Å². The lowest BCUT2D eigenvalue weighted by molar-refractivity contribution is 0.176. The molecule has 0 spiro atoms. The number of ether oxygens (including phenoxy) is 3. The van der Waals surface area contributed by atoms with Crippen molar-refractivity contribution < 1.29 is 24.1 Å². The van der Waals surface area contributed by atoms with Crippen LogP contribution in [0.15, 0.2) is 12.1 Å². The Kier molecular flexibility index (Phi) is 2.95. The summed E-state index contributed by atoms with van der Waals surface area (Å²) in [4.78, 5) is 11.0. The maximum Gasteiger partial charge on any atom is 0.407 e. The average Bonchev–Trinajstić information content (AvgIpc) is 2.74. The van der Waals surface area contributed by atoms with Gasteiger partial charge in [-0.2, -0.15) is 0 Å². The number of carbonyl (C=O) groups is 1. The highest BCUT2D eigenvalue weighted by molar-refractivity contribution is 5.71. The van der Waals surface area contributed by atoms with Gasteiger partial charge in [-0.3, -0.25) is 0 Å². The Morgan fingerprint density at radius 3 is 2.35 bits per heavy atom. The van der Waals surface area contributed by atoms with Crippen LogP contribution >= 0.6 is 0 Å². The summed E-state index contributed by atoms with van der Waals surface area (Å²) in [6, 6.07) is 2.58. The molecule has 1 atom stereocenters. The summed E-state index contributed by atoms with van der Waals surface area (Å²) in [5.41, 5.74) is 0.652. The third-order valence-corrected chi connectivity index (χ3v) is 2.55. The molecule has 6 nitrogen and oxygen atoms in total. The molecule has 0 aromatic heterocycles. The monoisotopic (exact) mass is 239 g/mol. The molecule has 0 saturated carbocycles. The minimum absolute atomic E-state index is 0.0349. The van der Waals surface area contributed by atoms with Gasteiger partial charge in [-0.1, -0.05) is 0 Å². The zero-order valence-electron chi connectivity index (χ0n) is 9.52. The minimum Gasteiger partial charge on any atom is -0.508 e. The van der Waals surface area contributed by atoms with Crippen molar-refractivity contribution in [1.82, 2.24) is 5.32 Å². The molecule has 1 aliphatic heterocycles. The molecule has 1 aromatic rings. The molecule has 17 heavy (non-hydrogen) atoms. The number of hydrogen-bond donors (Lipinski definition) is 2. The number of cyclic esters (lactones) is 1. The van der Waals surface area contributed by atoms with Gasteiger partial charge in [0.15, 0.2) is 0 Å². The topological polar surface area (TPSA) is 77.0 Å². The number of hydrogen-bond acceptors (Lipinski definition) is 5. The Hall–Kier alpha value is -2.11. The second-order valence-corrected chi connectivity index (χ2v) is 3.56. The van der Waals surface area contributed by atoms with E-state index in [4.69, 9.17) is 14.2 Å². The van der Waals surface area contributed by atoms with Crippen LogP contribution in [-0.2, 0) is 4.74 Å². The molecule has 1 heterocycles. The first-order valence-corrected chi connectivity index (χ1v) is 5.04. The molecule has 1 aromatic carbocycles. The average molecular weight is 239 g/mol. The van der Waals surface area contributed by atoms with E-state index >= 15 is 0 Å². The molecule has 0 aliphatic carbocycles. The van der Waals surface area contributed by atoms with Crippen molar-refractivity contribution in [3.8, 4) is 17.2 Å². The molecule has 0 unspecified atom stereocenters. The largest absolute Gasteiger partial charge is 0.508 e. The predicted octanol–water partition coefficient (Wildman–Crippen LogP) is 1.19. The third kappa shape index (κ3) is 2.06. The van der Waals surface area contributed by atoms with Gasteiger partial charge in [-0.05, 0) is 0 Å². The fraction of sp³-hybridized carbons (Fsp3) is 0.364. The fourth-order valence-corrected chi connectivity index (χ4v) is 1.81. The maximum absolute atomic E-state index is 11.0. The van der Waals surface area contributed by atoms with Gasteiger partial charge >= 0.3 is 6.09 Å². The lowest BCUT2D eigenvalue weighted by Crippen LogP contribution is -2.19. The summed E-state index contributed by atoms with van der Waals surface area (Å²) in [5, 5.41) is 12.1. The Bertz CT molecular complexity index is 420. The van der Waals surface area contributed by atoms with Crippen LogP contribution in [0.4, 0.5) is 4.79 Å². The SMILES string of the molecule is COc1cc(O)cc(OC)c1[C@@H]1COC(=O)N1. The van der Waals surface area contributed by atoms with E-state index in [0.717, 1.165) is 0 Å². The number of nitrogens with one attached hydrogen (secondary N) is 1. The number of alkyl carbamates (subject to hydrolysis) is 1. The van der Waals surface area contributed by atoms with Crippen LogP contribution in [0.2, 0.25) is 0 Å². The molecular formula is C11H13NO5. The number of methoxy groups -OCH3 is 2. The molecule has 92 valence electrons. The number of benzene rings is 1. The van der Waals surface area contributed by atoms with E-state index in [-0.39, 0.29) is 18.4 Å². The Balaban J connectivity index is 2.46. The number of amides is 1. The summed E-state index contributed by atoms with van der Waals surface area (Å²) in [5.74, 6) is 0.919. The zero-order valence-corrected chi connectivity index (χ0v) is 9.52. The summed E-state index contributed by atoms with van der Waals surface area (Å²) >= 11 is 0. The van der Waals surface area contributed by atoms with Crippen LogP contribution in [-0.4, -0.2) is 32.0 Å². The van der Waals surface area contributed by atoms with Crippen molar-refractivity contribution >= 4 is 6.09 Å². The molecule has 2 rings (SSSR count). The van der Waals surface area contributed by atoms with Crippen LogP contribution in [0.1, 0.15) is 11.6 Å². The number of rotatable bonds is 3. The first-order valence-electron chi connectivity index (χ1n) is 5.04. The second kappa shape index (κ2) is 4.40. The summed E-state index contributed by atoms with van der Waals surface area (Å²) in [6.07, 6.45) is -0.479. The van der Waals surface area contributed by atoms with E-state index in [0.29, 0.717) is 17.1 Å². The lowest BCUT2D eigenvalue weighted by Gasteiger charge is -2.17. The second-order valence-electron chi connectivity index (χ2n) is 3.56. The van der Waals surface area contributed by atoms with E-state index < -0.39 is 6.09 Å². The minimum atomic E-state index is -0.479. The van der Waals surface area contributed by atoms with Gasteiger partial charge < -0.3 is 24.6 Å². The molecule has 0 bridgehead atoms. The standard InChI is InChI=1S/C11H13NO5/c1-15-8-3-6(13)4-9(16-2)10(8)7-5-17-11(14)12-7/h3-4,7,13H,5H2,1-2H3,(H,12,14)/t7-/m0/s1. The van der Waals surface area contributed by atoms with Crippen molar-refractivity contribution in [2.75, 3.05) is 20.8 Å². The van der Waals surface area contributed by atoms with Gasteiger partial charge in [0.05, 0.1) is 25.8 Å². The lowest BCUT2D eigenvalue weighted by atomic mass is 10.0. The van der Waals surface area contributed by atoms with Crippen molar-refractivity contribution in [2.45, 2.75) is 6.04 Å². The van der Waals surface area contributed by atoms with Gasteiger partial charge in [0.2, 0.25) is 0 Å². The van der Waals surface area contributed by atoms with Gasteiger partial charge in [-0.25, -0.2) is 4.79 Å². The number of aromatic hydroxyl groups is 1. The molecule has 1 amide bonds. The highest BCUT2D eigenvalue weighted by Crippen LogP contribution is 2.38. The molecular weight excluding hydrogens is 226 g/mol. The molecule has 1 saturated heterocycles. The smallest absolute Gasteiger partial charge is 0.407 e. The summed E-state index contributed by atoms with van der Waals surface area (Å²) in [6.45, 7) is 0.205. The Morgan fingerprint density at radius 2 is 1.94 bits per heavy atom. The van der Waals surface area contributed by atoms with Gasteiger partial charge in [0.25, 0.3) is 0 Å². The van der Waals surface area contributed by atoms with E-state index in [1.165, 1.54) is 26.4 Å².